The molecule has 0 spiro atoms. The molecule has 2 nitrogen and oxygen atoms in total. The molecule has 0 aliphatic carbocycles. The maximum Gasteiger partial charge on any atom is 0.0829 e. The Morgan fingerprint density at radius 3 is 2.25 bits per heavy atom. The summed E-state index contributed by atoms with van der Waals surface area (Å²) < 4.78 is 11.1. The molecule has 0 radical (unpaired) electrons. The molecule has 96 valence electrons. The molecule has 1 saturated heterocycles. The number of hydrogen-bond donors (Lipinski definition) is 0. The fourth-order valence-corrected chi connectivity index (χ4v) is 3.10. The van der Waals surface area contributed by atoms with E-state index in [-0.39, 0.29) is 0 Å². The Morgan fingerprint density at radius 1 is 1.19 bits per heavy atom. The van der Waals surface area contributed by atoms with Crippen molar-refractivity contribution in [2.24, 2.45) is 10.8 Å². The van der Waals surface area contributed by atoms with Crippen molar-refractivity contribution in [1.29, 1.82) is 0 Å². The summed E-state index contributed by atoms with van der Waals surface area (Å²) in [5.74, 6) is 0. The summed E-state index contributed by atoms with van der Waals surface area (Å²) in [5.41, 5.74) is 0.744. The molecule has 0 bridgehead atoms. The van der Waals surface area contributed by atoms with Crippen molar-refractivity contribution in [2.75, 3.05) is 13.7 Å². The van der Waals surface area contributed by atoms with E-state index < -0.39 is 0 Å². The summed E-state index contributed by atoms with van der Waals surface area (Å²) in [6.07, 6.45) is 4.14. The van der Waals surface area contributed by atoms with E-state index in [0.29, 0.717) is 23.0 Å². The van der Waals surface area contributed by atoms with Crippen LogP contribution in [0.4, 0.5) is 0 Å². The standard InChI is InChI=1S/C14H28O2/c1-13(2,3)10-14(4,5)8-11-7-12(15-6)9-16-11/h11-12H,7-10H2,1-6H3. The lowest BCUT2D eigenvalue weighted by Crippen LogP contribution is -2.25. The van der Waals surface area contributed by atoms with Gasteiger partial charge in [0.25, 0.3) is 0 Å². The van der Waals surface area contributed by atoms with Gasteiger partial charge in [-0.1, -0.05) is 34.6 Å². The fraction of sp³-hybridized carbons (Fsp3) is 1.00. The third kappa shape index (κ3) is 4.84. The summed E-state index contributed by atoms with van der Waals surface area (Å²) in [6.45, 7) is 12.4. The fourth-order valence-electron chi connectivity index (χ4n) is 3.10. The van der Waals surface area contributed by atoms with Crippen molar-refractivity contribution in [3.63, 3.8) is 0 Å². The molecule has 1 rings (SSSR count). The molecular formula is C14H28O2. The first-order valence-electron chi connectivity index (χ1n) is 6.36. The molecule has 0 amide bonds. The average molecular weight is 228 g/mol. The predicted molar refractivity (Wildman–Crippen MR) is 67.6 cm³/mol. The maximum atomic E-state index is 5.78. The normalized spacial score (nSPS) is 27.4. The summed E-state index contributed by atoms with van der Waals surface area (Å²) in [4.78, 5) is 0. The van der Waals surface area contributed by atoms with Gasteiger partial charge in [-0.15, -0.1) is 0 Å². The van der Waals surface area contributed by atoms with Crippen molar-refractivity contribution < 1.29 is 9.47 Å². The van der Waals surface area contributed by atoms with Gasteiger partial charge in [0.2, 0.25) is 0 Å². The van der Waals surface area contributed by atoms with E-state index >= 15 is 0 Å². The van der Waals surface area contributed by atoms with Crippen molar-refractivity contribution in [3.05, 3.63) is 0 Å². The number of rotatable bonds is 4. The van der Waals surface area contributed by atoms with Crippen LogP contribution in [-0.2, 0) is 9.47 Å². The molecule has 1 fully saturated rings. The van der Waals surface area contributed by atoms with Gasteiger partial charge >= 0.3 is 0 Å². The molecule has 1 heterocycles. The zero-order valence-corrected chi connectivity index (χ0v) is 11.8. The van der Waals surface area contributed by atoms with E-state index in [9.17, 15) is 0 Å². The van der Waals surface area contributed by atoms with Gasteiger partial charge < -0.3 is 9.47 Å². The SMILES string of the molecule is COC1COC(CC(C)(C)CC(C)(C)C)C1. The predicted octanol–water partition coefficient (Wildman–Crippen LogP) is 3.64. The molecule has 0 aromatic carbocycles. The van der Waals surface area contributed by atoms with Crippen LogP contribution in [0.25, 0.3) is 0 Å². The molecule has 1 aliphatic rings. The topological polar surface area (TPSA) is 18.5 Å². The third-order valence-corrected chi connectivity index (χ3v) is 3.17. The number of methoxy groups -OCH3 is 1. The van der Waals surface area contributed by atoms with Crippen LogP contribution < -0.4 is 0 Å². The van der Waals surface area contributed by atoms with Crippen LogP contribution in [0.3, 0.4) is 0 Å². The second kappa shape index (κ2) is 5.05. The van der Waals surface area contributed by atoms with Gasteiger partial charge in [0, 0.05) is 13.5 Å². The molecular weight excluding hydrogens is 200 g/mol. The van der Waals surface area contributed by atoms with Crippen LogP contribution >= 0.6 is 0 Å². The lowest BCUT2D eigenvalue weighted by molar-refractivity contribution is 0.0437. The second-order valence-electron chi connectivity index (χ2n) is 7.15. The van der Waals surface area contributed by atoms with Crippen molar-refractivity contribution in [1.82, 2.24) is 0 Å². The number of hydrogen-bond acceptors (Lipinski definition) is 2. The van der Waals surface area contributed by atoms with Crippen molar-refractivity contribution in [3.8, 4) is 0 Å². The molecule has 0 saturated carbocycles. The Labute approximate surface area is 101 Å². The quantitative estimate of drug-likeness (QED) is 0.731. The zero-order chi connectivity index (χ0) is 12.4. The van der Waals surface area contributed by atoms with Gasteiger partial charge in [-0.05, 0) is 23.7 Å². The van der Waals surface area contributed by atoms with E-state index in [4.69, 9.17) is 9.47 Å². The first-order valence-corrected chi connectivity index (χ1v) is 6.36. The van der Waals surface area contributed by atoms with Crippen molar-refractivity contribution in [2.45, 2.75) is 66.1 Å². The van der Waals surface area contributed by atoms with Crippen molar-refractivity contribution >= 4 is 0 Å². The highest BCUT2D eigenvalue weighted by atomic mass is 16.5. The minimum atomic E-state index is 0.315. The van der Waals surface area contributed by atoms with Gasteiger partial charge in [-0.3, -0.25) is 0 Å². The molecule has 0 aromatic heterocycles. The molecule has 0 N–H and O–H groups in total. The van der Waals surface area contributed by atoms with E-state index in [0.717, 1.165) is 19.4 Å². The van der Waals surface area contributed by atoms with Crippen LogP contribution in [0, 0.1) is 10.8 Å². The van der Waals surface area contributed by atoms with Crippen LogP contribution in [0.15, 0.2) is 0 Å². The monoisotopic (exact) mass is 228 g/mol. The molecule has 2 heteroatoms. The Balaban J connectivity index is 2.41. The highest BCUT2D eigenvalue weighted by molar-refractivity contribution is 4.83. The smallest absolute Gasteiger partial charge is 0.0829 e. The third-order valence-electron chi connectivity index (χ3n) is 3.17. The molecule has 2 atom stereocenters. The lowest BCUT2D eigenvalue weighted by Gasteiger charge is -2.34. The summed E-state index contributed by atoms with van der Waals surface area (Å²) >= 11 is 0. The minimum absolute atomic E-state index is 0.315. The summed E-state index contributed by atoms with van der Waals surface area (Å²) in [6, 6.07) is 0. The first-order chi connectivity index (χ1) is 7.22. The zero-order valence-electron chi connectivity index (χ0n) is 11.8. The summed E-state index contributed by atoms with van der Waals surface area (Å²) in [7, 11) is 1.77. The van der Waals surface area contributed by atoms with Gasteiger partial charge in [0.1, 0.15) is 0 Å². The Kier molecular flexibility index (Phi) is 4.42. The van der Waals surface area contributed by atoms with Crippen LogP contribution in [0.5, 0.6) is 0 Å². The Morgan fingerprint density at radius 2 is 1.81 bits per heavy atom. The Hall–Kier alpha value is -0.0800. The van der Waals surface area contributed by atoms with E-state index in [2.05, 4.69) is 34.6 Å². The molecule has 2 unspecified atom stereocenters. The highest BCUT2D eigenvalue weighted by Crippen LogP contribution is 2.38. The highest BCUT2D eigenvalue weighted by Gasteiger charge is 2.33. The van der Waals surface area contributed by atoms with E-state index in [1.165, 1.54) is 6.42 Å². The second-order valence-corrected chi connectivity index (χ2v) is 7.15. The lowest BCUT2D eigenvalue weighted by atomic mass is 9.73. The molecule has 16 heavy (non-hydrogen) atoms. The maximum absolute atomic E-state index is 5.78. The van der Waals surface area contributed by atoms with Gasteiger partial charge in [-0.25, -0.2) is 0 Å². The van der Waals surface area contributed by atoms with E-state index in [1.807, 2.05) is 0 Å². The van der Waals surface area contributed by atoms with E-state index in [1.54, 1.807) is 7.11 Å². The largest absolute Gasteiger partial charge is 0.379 e. The molecule has 1 aliphatic heterocycles. The summed E-state index contributed by atoms with van der Waals surface area (Å²) in [5, 5.41) is 0. The first kappa shape index (κ1) is 14.0. The van der Waals surface area contributed by atoms with Crippen LogP contribution in [0.1, 0.15) is 53.9 Å². The minimum Gasteiger partial charge on any atom is -0.379 e. The molecule has 0 aromatic rings. The van der Waals surface area contributed by atoms with Crippen LogP contribution in [0.2, 0.25) is 0 Å². The number of ether oxygens (including phenoxy) is 2. The van der Waals surface area contributed by atoms with Gasteiger partial charge in [0.15, 0.2) is 0 Å². The van der Waals surface area contributed by atoms with Gasteiger partial charge in [-0.2, -0.15) is 0 Å². The van der Waals surface area contributed by atoms with Crippen LogP contribution in [-0.4, -0.2) is 25.9 Å². The average Bonchev–Trinajstić information content (AvgIpc) is 2.46. The Bertz CT molecular complexity index is 215. The van der Waals surface area contributed by atoms with Gasteiger partial charge in [0.05, 0.1) is 18.8 Å².